The zero-order chi connectivity index (χ0) is 17.7. The summed E-state index contributed by atoms with van der Waals surface area (Å²) >= 11 is 0. The molecule has 4 atom stereocenters. The van der Waals surface area contributed by atoms with Crippen molar-refractivity contribution in [3.05, 3.63) is 11.6 Å². The third-order valence-corrected chi connectivity index (χ3v) is 6.62. The first-order chi connectivity index (χ1) is 12.7. The van der Waals surface area contributed by atoms with Gasteiger partial charge in [-0.05, 0) is 38.1 Å². The number of hydrogen-bond donors (Lipinski definition) is 2. The number of rotatable bonds is 3. The molecular weight excluding hydrogens is 332 g/mol. The monoisotopic (exact) mass is 358 g/mol. The van der Waals surface area contributed by atoms with Gasteiger partial charge >= 0.3 is 0 Å². The van der Waals surface area contributed by atoms with Gasteiger partial charge in [0.25, 0.3) is 0 Å². The molecule has 2 bridgehead atoms. The number of fused-ring (bicyclic) bond motifs is 5. The molecule has 3 fully saturated rings. The maximum atomic E-state index is 13.1. The topological polar surface area (TPSA) is 92.1 Å². The summed E-state index contributed by atoms with van der Waals surface area (Å²) in [5.41, 5.74) is 0. The summed E-state index contributed by atoms with van der Waals surface area (Å²) in [4.78, 5) is 27.7. The van der Waals surface area contributed by atoms with E-state index in [1.807, 2.05) is 4.90 Å². The largest absolute Gasteiger partial charge is 0.347 e. The van der Waals surface area contributed by atoms with Gasteiger partial charge in [-0.1, -0.05) is 0 Å². The van der Waals surface area contributed by atoms with Crippen molar-refractivity contribution in [2.75, 3.05) is 13.1 Å². The SMILES string of the molecule is O=C(NCc1nnc2n1CCC2)[C@H]1[C@@H]2CNC[C@@H](C2)[C@@H]2CCCC(=O)N21. The Hall–Kier alpha value is -1.96. The molecule has 0 unspecified atom stereocenters. The summed E-state index contributed by atoms with van der Waals surface area (Å²) in [6, 6.07) is -0.133. The van der Waals surface area contributed by atoms with Gasteiger partial charge in [-0.25, -0.2) is 0 Å². The van der Waals surface area contributed by atoms with Gasteiger partial charge < -0.3 is 20.1 Å². The van der Waals surface area contributed by atoms with Gasteiger partial charge in [0.15, 0.2) is 5.82 Å². The predicted molar refractivity (Wildman–Crippen MR) is 92.9 cm³/mol. The van der Waals surface area contributed by atoms with Gasteiger partial charge in [-0.2, -0.15) is 0 Å². The minimum absolute atomic E-state index is 0.0345. The first-order valence-corrected chi connectivity index (χ1v) is 9.93. The van der Waals surface area contributed by atoms with E-state index in [1.54, 1.807) is 0 Å². The maximum Gasteiger partial charge on any atom is 0.243 e. The van der Waals surface area contributed by atoms with Crippen molar-refractivity contribution in [2.45, 2.75) is 63.7 Å². The van der Waals surface area contributed by atoms with Crippen molar-refractivity contribution < 1.29 is 9.59 Å². The molecule has 1 aromatic heterocycles. The molecule has 3 saturated heterocycles. The third-order valence-electron chi connectivity index (χ3n) is 6.62. The molecule has 5 rings (SSSR count). The van der Waals surface area contributed by atoms with Crippen LogP contribution in [0.5, 0.6) is 0 Å². The highest BCUT2D eigenvalue weighted by molar-refractivity contribution is 5.89. The van der Waals surface area contributed by atoms with Crippen LogP contribution in [0.4, 0.5) is 0 Å². The first kappa shape index (κ1) is 16.2. The second-order valence-corrected chi connectivity index (χ2v) is 8.12. The summed E-state index contributed by atoms with van der Waals surface area (Å²) in [5, 5.41) is 15.0. The highest BCUT2D eigenvalue weighted by atomic mass is 16.2. The van der Waals surface area contributed by atoms with E-state index in [1.165, 1.54) is 0 Å². The number of hydrogen-bond acceptors (Lipinski definition) is 5. The third kappa shape index (κ3) is 2.53. The molecule has 0 aromatic carbocycles. The quantitative estimate of drug-likeness (QED) is 0.783. The van der Waals surface area contributed by atoms with Crippen molar-refractivity contribution in [3.8, 4) is 0 Å². The van der Waals surface area contributed by atoms with Crippen LogP contribution in [0.25, 0.3) is 0 Å². The average Bonchev–Trinajstić information content (AvgIpc) is 3.25. The van der Waals surface area contributed by atoms with Gasteiger partial charge in [0.05, 0.1) is 6.54 Å². The molecule has 4 aliphatic heterocycles. The van der Waals surface area contributed by atoms with Crippen molar-refractivity contribution >= 4 is 11.8 Å². The fourth-order valence-corrected chi connectivity index (χ4v) is 5.46. The van der Waals surface area contributed by atoms with Gasteiger partial charge in [-0.15, -0.1) is 10.2 Å². The normalized spacial score (nSPS) is 32.9. The minimum Gasteiger partial charge on any atom is -0.347 e. The Kier molecular flexibility index (Phi) is 3.95. The van der Waals surface area contributed by atoms with Crippen LogP contribution < -0.4 is 10.6 Å². The molecule has 8 heteroatoms. The molecule has 0 saturated carbocycles. The number of piperidine rings is 3. The average molecular weight is 358 g/mol. The van der Waals surface area contributed by atoms with E-state index in [4.69, 9.17) is 0 Å². The van der Waals surface area contributed by atoms with E-state index in [9.17, 15) is 9.59 Å². The van der Waals surface area contributed by atoms with E-state index in [0.717, 1.165) is 63.4 Å². The number of aromatic nitrogens is 3. The molecule has 5 heterocycles. The molecule has 4 aliphatic rings. The lowest BCUT2D eigenvalue weighted by Gasteiger charge is -2.53. The zero-order valence-electron chi connectivity index (χ0n) is 15.0. The number of nitrogens with zero attached hydrogens (tertiary/aromatic N) is 4. The van der Waals surface area contributed by atoms with E-state index in [-0.39, 0.29) is 29.8 Å². The van der Waals surface area contributed by atoms with Gasteiger partial charge in [0.1, 0.15) is 11.9 Å². The summed E-state index contributed by atoms with van der Waals surface area (Å²) in [7, 11) is 0. The summed E-state index contributed by atoms with van der Waals surface area (Å²) in [6.45, 7) is 3.09. The van der Waals surface area contributed by atoms with Crippen LogP contribution in [0.2, 0.25) is 0 Å². The lowest BCUT2D eigenvalue weighted by molar-refractivity contribution is -0.157. The number of amides is 2. The Bertz CT molecular complexity index is 731. The van der Waals surface area contributed by atoms with E-state index in [2.05, 4.69) is 25.4 Å². The second kappa shape index (κ2) is 6.33. The van der Waals surface area contributed by atoms with Gasteiger partial charge in [0, 0.05) is 37.9 Å². The van der Waals surface area contributed by atoms with Crippen molar-refractivity contribution in [2.24, 2.45) is 11.8 Å². The number of carbonyl (C=O) groups is 2. The van der Waals surface area contributed by atoms with E-state index >= 15 is 0 Å². The molecular formula is C18H26N6O2. The fourth-order valence-electron chi connectivity index (χ4n) is 5.46. The Morgan fingerprint density at radius 3 is 3.00 bits per heavy atom. The lowest BCUT2D eigenvalue weighted by atomic mass is 9.72. The van der Waals surface area contributed by atoms with Gasteiger partial charge in [-0.3, -0.25) is 9.59 Å². The van der Waals surface area contributed by atoms with Crippen molar-refractivity contribution in [1.29, 1.82) is 0 Å². The Morgan fingerprint density at radius 2 is 2.08 bits per heavy atom. The molecule has 140 valence electrons. The Balaban J connectivity index is 1.34. The second-order valence-electron chi connectivity index (χ2n) is 8.12. The van der Waals surface area contributed by atoms with Crippen molar-refractivity contribution in [1.82, 2.24) is 30.3 Å². The van der Waals surface area contributed by atoms with Gasteiger partial charge in [0.2, 0.25) is 11.8 Å². The van der Waals surface area contributed by atoms with Crippen LogP contribution >= 0.6 is 0 Å². The number of carbonyl (C=O) groups excluding carboxylic acids is 2. The summed E-state index contributed by atoms with van der Waals surface area (Å²) in [5.74, 6) is 2.65. The Labute approximate surface area is 152 Å². The van der Waals surface area contributed by atoms with Crippen LogP contribution in [0, 0.1) is 11.8 Å². The molecule has 2 N–H and O–H groups in total. The Morgan fingerprint density at radius 1 is 1.19 bits per heavy atom. The van der Waals surface area contributed by atoms with Crippen molar-refractivity contribution in [3.63, 3.8) is 0 Å². The zero-order valence-corrected chi connectivity index (χ0v) is 15.0. The highest BCUT2D eigenvalue weighted by Gasteiger charge is 2.50. The molecule has 2 amide bonds. The van der Waals surface area contributed by atoms with Crippen LogP contribution in [-0.2, 0) is 29.1 Å². The smallest absolute Gasteiger partial charge is 0.243 e. The van der Waals surface area contributed by atoms with Crippen LogP contribution in [-0.4, -0.2) is 56.7 Å². The first-order valence-electron chi connectivity index (χ1n) is 9.93. The van der Waals surface area contributed by atoms with E-state index < -0.39 is 0 Å². The number of nitrogens with one attached hydrogen (secondary N) is 2. The minimum atomic E-state index is -0.349. The molecule has 1 aromatic rings. The lowest BCUT2D eigenvalue weighted by Crippen LogP contribution is -2.67. The fraction of sp³-hybridized carbons (Fsp3) is 0.778. The predicted octanol–water partition coefficient (Wildman–Crippen LogP) is -0.170. The van der Waals surface area contributed by atoms with Crippen LogP contribution in [0.15, 0.2) is 0 Å². The summed E-state index contributed by atoms with van der Waals surface area (Å²) in [6.07, 6.45) is 5.63. The maximum absolute atomic E-state index is 13.1. The molecule has 26 heavy (non-hydrogen) atoms. The molecule has 0 spiro atoms. The molecule has 8 nitrogen and oxygen atoms in total. The molecule has 0 radical (unpaired) electrons. The van der Waals surface area contributed by atoms with Crippen LogP contribution in [0.3, 0.4) is 0 Å². The standard InChI is InChI=1S/C18H26N6O2/c25-16-5-1-3-13-11-7-12(9-19-8-11)17(24(13)16)18(26)20-10-15-22-21-14-4-2-6-23(14)15/h11-13,17,19H,1-10H2,(H,20,26)/t11-,12+,13+,17-/m1/s1. The number of aryl methyl sites for hydroxylation is 1. The molecule has 0 aliphatic carbocycles. The highest BCUT2D eigenvalue weighted by Crippen LogP contribution is 2.39. The van der Waals surface area contributed by atoms with E-state index in [0.29, 0.717) is 18.9 Å². The van der Waals surface area contributed by atoms with Crippen LogP contribution in [0.1, 0.15) is 43.8 Å². The summed E-state index contributed by atoms with van der Waals surface area (Å²) < 4.78 is 2.11.